The number of carbonyl (C=O) groups is 2. The maximum Gasteiger partial charge on any atom is 0.345 e. The molecule has 3 amide bonds. The number of nitrogens with one attached hydrogen (secondary N) is 2. The van der Waals surface area contributed by atoms with Gasteiger partial charge in [-0.15, -0.1) is 0 Å². The monoisotopic (exact) mass is 494 g/mol. The van der Waals surface area contributed by atoms with E-state index in [0.717, 1.165) is 37.1 Å². The molecule has 32 heavy (non-hydrogen) atoms. The number of sulfone groups is 1. The van der Waals surface area contributed by atoms with Gasteiger partial charge < -0.3 is 10.1 Å². The molecule has 1 aromatic heterocycles. The molecule has 3 aromatic rings. The minimum Gasteiger partial charge on any atom is -0.489 e. The molecule has 2 heterocycles. The lowest BCUT2D eigenvalue weighted by Gasteiger charge is -2.14. The van der Waals surface area contributed by atoms with E-state index in [1.54, 1.807) is 24.3 Å². The molecule has 9 nitrogen and oxygen atoms in total. The molecule has 0 aliphatic carbocycles. The van der Waals surface area contributed by atoms with Crippen LogP contribution in [0, 0.1) is 0 Å². The Morgan fingerprint density at radius 3 is 2.81 bits per heavy atom. The third-order valence-electron chi connectivity index (χ3n) is 4.76. The van der Waals surface area contributed by atoms with Crippen molar-refractivity contribution in [2.75, 3.05) is 23.8 Å². The van der Waals surface area contributed by atoms with Crippen molar-refractivity contribution in [1.82, 2.24) is 15.6 Å². The van der Waals surface area contributed by atoms with Crippen LogP contribution in [0.2, 0.25) is 0 Å². The summed E-state index contributed by atoms with van der Waals surface area (Å²) in [6.07, 6.45) is 2.02. The molecular weight excluding hydrogens is 476 g/mol. The molecule has 12 heteroatoms. The van der Waals surface area contributed by atoms with E-state index in [2.05, 4.69) is 15.6 Å². The maximum absolute atomic E-state index is 12.5. The Kier molecular flexibility index (Phi) is 6.33. The van der Waals surface area contributed by atoms with Crippen molar-refractivity contribution in [2.24, 2.45) is 0 Å². The summed E-state index contributed by atoms with van der Waals surface area (Å²) < 4.78 is 30.5. The highest BCUT2D eigenvalue weighted by Gasteiger charge is 2.22. The highest BCUT2D eigenvalue weighted by atomic mass is 35.5. The molecule has 1 aliphatic rings. The smallest absolute Gasteiger partial charge is 0.345 e. The number of fused-ring (bicyclic) bond motifs is 1. The van der Waals surface area contributed by atoms with E-state index >= 15 is 0 Å². The summed E-state index contributed by atoms with van der Waals surface area (Å²) in [4.78, 5) is 29.4. The molecule has 1 unspecified atom stereocenters. The number of anilines is 1. The lowest BCUT2D eigenvalue weighted by atomic mass is 10.2. The fourth-order valence-electron chi connectivity index (χ4n) is 3.14. The average Bonchev–Trinajstić information content (AvgIpc) is 3.41. The number of imide groups is 1. The minimum absolute atomic E-state index is 0.0375. The number of hydrogen-bond donors (Lipinski definition) is 2. The van der Waals surface area contributed by atoms with Crippen molar-refractivity contribution < 1.29 is 22.7 Å². The van der Waals surface area contributed by atoms with Gasteiger partial charge in [0.2, 0.25) is 5.13 Å². The van der Waals surface area contributed by atoms with E-state index in [1.165, 1.54) is 18.2 Å². The summed E-state index contributed by atoms with van der Waals surface area (Å²) in [5, 5.41) is 5.51. The molecule has 1 atom stereocenters. The zero-order valence-electron chi connectivity index (χ0n) is 16.9. The Morgan fingerprint density at radius 1 is 1.28 bits per heavy atom. The van der Waals surface area contributed by atoms with E-state index < -0.39 is 21.8 Å². The summed E-state index contributed by atoms with van der Waals surface area (Å²) >= 11 is 7.13. The fourth-order valence-corrected chi connectivity index (χ4v) is 4.96. The molecule has 1 fully saturated rings. The number of carbonyl (C=O) groups excluding carboxylic acids is 2. The fraction of sp³-hybridized carbons (Fsp3) is 0.250. The Morgan fingerprint density at radius 2 is 2.09 bits per heavy atom. The number of ether oxygens (including phenoxy) is 1. The van der Waals surface area contributed by atoms with Crippen LogP contribution in [0.1, 0.15) is 16.8 Å². The zero-order chi connectivity index (χ0) is 22.9. The Bertz CT molecular complexity index is 1290. The van der Waals surface area contributed by atoms with E-state index in [-0.39, 0.29) is 21.7 Å². The lowest BCUT2D eigenvalue weighted by Crippen LogP contribution is -2.38. The predicted octanol–water partition coefficient (Wildman–Crippen LogP) is 2.95. The molecule has 1 saturated heterocycles. The predicted molar refractivity (Wildman–Crippen MR) is 122 cm³/mol. The van der Waals surface area contributed by atoms with E-state index in [9.17, 15) is 18.0 Å². The zero-order valence-corrected chi connectivity index (χ0v) is 19.3. The summed E-state index contributed by atoms with van der Waals surface area (Å²) in [7, 11) is -3.38. The van der Waals surface area contributed by atoms with Gasteiger partial charge in [-0.2, -0.15) is 4.42 Å². The first kappa shape index (κ1) is 22.5. The standard InChI is InChI=1S/C20H19ClN4O5S2/c1-32(28,29)15-5-6-16-17(10-15)31-20(23-16)25(21)19(27)24-18(26)12-3-2-4-13(9-12)30-14-7-8-22-11-14/h2-6,9-10,14,22H,7-8,11H2,1H3,(H,24,26,27). The molecule has 0 saturated carbocycles. The van der Waals surface area contributed by atoms with Gasteiger partial charge in [0.1, 0.15) is 11.9 Å². The Balaban J connectivity index is 1.45. The van der Waals surface area contributed by atoms with Crippen LogP contribution < -0.4 is 19.8 Å². The summed E-state index contributed by atoms with van der Waals surface area (Å²) in [5.41, 5.74) is 0.724. The summed E-state index contributed by atoms with van der Waals surface area (Å²) in [5.74, 6) is -0.106. The van der Waals surface area contributed by atoms with Crippen molar-refractivity contribution in [3.05, 3.63) is 48.0 Å². The molecule has 4 rings (SSSR count). The van der Waals surface area contributed by atoms with Gasteiger partial charge in [-0.3, -0.25) is 10.1 Å². The number of rotatable bonds is 5. The number of hydrogen-bond acceptors (Lipinski definition) is 8. The number of thiazole rings is 1. The van der Waals surface area contributed by atoms with Crippen LogP contribution in [0.15, 0.2) is 47.4 Å². The van der Waals surface area contributed by atoms with Crippen molar-refractivity contribution in [2.45, 2.75) is 17.4 Å². The second-order valence-electron chi connectivity index (χ2n) is 7.20. The van der Waals surface area contributed by atoms with Crippen molar-refractivity contribution in [1.29, 1.82) is 0 Å². The van der Waals surface area contributed by atoms with E-state index in [0.29, 0.717) is 20.4 Å². The Hall–Kier alpha value is -2.73. The van der Waals surface area contributed by atoms with Gasteiger partial charge in [0.05, 0.1) is 15.1 Å². The van der Waals surface area contributed by atoms with E-state index in [4.69, 9.17) is 16.5 Å². The quantitative estimate of drug-likeness (QED) is 0.523. The topological polar surface area (TPSA) is 118 Å². The number of amides is 3. The normalized spacial score (nSPS) is 16.1. The third-order valence-corrected chi connectivity index (χ3v) is 7.28. The molecule has 2 aromatic carbocycles. The SMILES string of the molecule is CS(=O)(=O)c1ccc2nc(N(Cl)C(=O)NC(=O)c3cccc(OC4CCNC4)c3)sc2c1. The van der Waals surface area contributed by atoms with Gasteiger partial charge in [-0.25, -0.2) is 18.2 Å². The van der Waals surface area contributed by atoms with Crippen LogP contribution in [-0.2, 0) is 9.84 Å². The van der Waals surface area contributed by atoms with Gasteiger partial charge in [-0.05, 0) is 49.4 Å². The van der Waals surface area contributed by atoms with Crippen LogP contribution in [0.25, 0.3) is 10.2 Å². The number of benzene rings is 2. The molecular formula is C20H19ClN4O5S2. The van der Waals surface area contributed by atoms with Crippen molar-refractivity contribution in [3.63, 3.8) is 0 Å². The number of halogens is 1. The number of nitrogens with zero attached hydrogens (tertiary/aromatic N) is 2. The second kappa shape index (κ2) is 9.02. The third kappa shape index (κ3) is 5.01. The molecule has 0 bridgehead atoms. The second-order valence-corrected chi connectivity index (χ2v) is 10.6. The highest BCUT2D eigenvalue weighted by Crippen LogP contribution is 2.31. The molecule has 0 spiro atoms. The van der Waals surface area contributed by atoms with Crippen LogP contribution in [-0.4, -0.2) is 50.8 Å². The van der Waals surface area contributed by atoms with Gasteiger partial charge in [0.15, 0.2) is 9.84 Å². The van der Waals surface area contributed by atoms with Crippen molar-refractivity contribution >= 4 is 60.2 Å². The van der Waals surface area contributed by atoms with E-state index in [1.807, 2.05) is 0 Å². The minimum atomic E-state index is -3.38. The first-order valence-corrected chi connectivity index (χ1v) is 12.6. The molecule has 168 valence electrons. The lowest BCUT2D eigenvalue weighted by molar-refractivity contribution is 0.0965. The van der Waals surface area contributed by atoms with Gasteiger partial charge >= 0.3 is 6.03 Å². The van der Waals surface area contributed by atoms with Crippen LogP contribution in [0.4, 0.5) is 9.93 Å². The van der Waals surface area contributed by atoms with Gasteiger partial charge in [0, 0.05) is 30.1 Å². The van der Waals surface area contributed by atoms with Crippen LogP contribution in [0.3, 0.4) is 0 Å². The van der Waals surface area contributed by atoms with Crippen LogP contribution in [0.5, 0.6) is 5.75 Å². The Labute approximate surface area is 193 Å². The number of urea groups is 1. The maximum atomic E-state index is 12.5. The van der Waals surface area contributed by atoms with Gasteiger partial charge in [-0.1, -0.05) is 17.4 Å². The summed E-state index contributed by atoms with van der Waals surface area (Å²) in [6.45, 7) is 1.62. The average molecular weight is 495 g/mol. The van der Waals surface area contributed by atoms with Crippen LogP contribution >= 0.6 is 23.1 Å². The van der Waals surface area contributed by atoms with Crippen molar-refractivity contribution in [3.8, 4) is 5.75 Å². The largest absolute Gasteiger partial charge is 0.489 e. The first-order chi connectivity index (χ1) is 15.2. The first-order valence-electron chi connectivity index (χ1n) is 9.60. The van der Waals surface area contributed by atoms with Gasteiger partial charge in [0.25, 0.3) is 5.91 Å². The molecule has 2 N–H and O–H groups in total. The summed E-state index contributed by atoms with van der Waals surface area (Å²) in [6, 6.07) is 10.1. The number of aromatic nitrogens is 1. The molecule has 1 aliphatic heterocycles. The molecule has 0 radical (unpaired) electrons. The highest BCUT2D eigenvalue weighted by molar-refractivity contribution is 7.90.